The maximum atomic E-state index is 12.9. The number of hydrogen-bond donors (Lipinski definition) is 1. The normalized spacial score (nSPS) is 10.0. The van der Waals surface area contributed by atoms with Crippen molar-refractivity contribution in [3.05, 3.63) is 59.7 Å². The number of carbonyl (C=O) groups is 1. The standard InChI is InChI=1S/C13H11FN2O/c1-9-4-2-3-5-12(9)13(17)16-11-6-10(14)7-15-8-11/h2-8H,1H3,(H,16,17). The molecule has 1 aromatic heterocycles. The molecule has 0 aliphatic rings. The quantitative estimate of drug-likeness (QED) is 0.861. The lowest BCUT2D eigenvalue weighted by molar-refractivity contribution is 0.102. The number of halogens is 1. The molecule has 0 unspecified atom stereocenters. The lowest BCUT2D eigenvalue weighted by atomic mass is 10.1. The topological polar surface area (TPSA) is 42.0 Å². The van der Waals surface area contributed by atoms with E-state index in [1.807, 2.05) is 19.1 Å². The number of pyridine rings is 1. The van der Waals surface area contributed by atoms with Gasteiger partial charge in [-0.15, -0.1) is 0 Å². The molecule has 0 saturated carbocycles. The fraction of sp³-hybridized carbons (Fsp3) is 0.0769. The lowest BCUT2D eigenvalue weighted by Crippen LogP contribution is -2.13. The highest BCUT2D eigenvalue weighted by Gasteiger charge is 2.08. The van der Waals surface area contributed by atoms with E-state index in [9.17, 15) is 9.18 Å². The van der Waals surface area contributed by atoms with Gasteiger partial charge in [0.05, 0.1) is 18.1 Å². The van der Waals surface area contributed by atoms with Crippen LogP contribution in [0.25, 0.3) is 0 Å². The van der Waals surface area contributed by atoms with Crippen molar-refractivity contribution >= 4 is 11.6 Å². The zero-order valence-corrected chi connectivity index (χ0v) is 9.27. The van der Waals surface area contributed by atoms with Crippen LogP contribution in [0.3, 0.4) is 0 Å². The van der Waals surface area contributed by atoms with Crippen LogP contribution in [-0.2, 0) is 0 Å². The summed E-state index contributed by atoms with van der Waals surface area (Å²) in [5, 5.41) is 2.60. The first-order valence-electron chi connectivity index (χ1n) is 5.14. The minimum absolute atomic E-state index is 0.268. The smallest absolute Gasteiger partial charge is 0.255 e. The van der Waals surface area contributed by atoms with Crippen molar-refractivity contribution < 1.29 is 9.18 Å². The Morgan fingerprint density at radius 2 is 2.06 bits per heavy atom. The Bertz CT molecular complexity index is 555. The van der Waals surface area contributed by atoms with Gasteiger partial charge in [-0.1, -0.05) is 18.2 Å². The van der Waals surface area contributed by atoms with Gasteiger partial charge in [0.25, 0.3) is 5.91 Å². The summed E-state index contributed by atoms with van der Waals surface area (Å²) in [6, 6.07) is 8.43. The first-order chi connectivity index (χ1) is 8.16. The minimum atomic E-state index is -0.479. The van der Waals surface area contributed by atoms with Gasteiger partial charge in [-0.05, 0) is 18.6 Å². The van der Waals surface area contributed by atoms with Crippen molar-refractivity contribution in [3.63, 3.8) is 0 Å². The number of benzene rings is 1. The summed E-state index contributed by atoms with van der Waals surface area (Å²) in [7, 11) is 0. The van der Waals surface area contributed by atoms with Crippen molar-refractivity contribution in [2.75, 3.05) is 5.32 Å². The fourth-order valence-corrected chi connectivity index (χ4v) is 1.51. The number of carbonyl (C=O) groups excluding carboxylic acids is 1. The summed E-state index contributed by atoms with van der Waals surface area (Å²) in [4.78, 5) is 15.5. The third-order valence-electron chi connectivity index (χ3n) is 2.35. The van der Waals surface area contributed by atoms with Gasteiger partial charge in [0.2, 0.25) is 0 Å². The molecule has 0 fully saturated rings. The van der Waals surface area contributed by atoms with Crippen molar-refractivity contribution in [2.45, 2.75) is 6.92 Å². The van der Waals surface area contributed by atoms with E-state index >= 15 is 0 Å². The molecular weight excluding hydrogens is 219 g/mol. The SMILES string of the molecule is Cc1ccccc1C(=O)Nc1cncc(F)c1. The van der Waals surface area contributed by atoms with Crippen LogP contribution in [0.4, 0.5) is 10.1 Å². The van der Waals surface area contributed by atoms with E-state index in [4.69, 9.17) is 0 Å². The molecule has 2 aromatic rings. The van der Waals surface area contributed by atoms with Gasteiger partial charge in [0, 0.05) is 11.6 Å². The van der Waals surface area contributed by atoms with Gasteiger partial charge in [0.1, 0.15) is 5.82 Å². The van der Waals surface area contributed by atoms with Crippen LogP contribution in [0.2, 0.25) is 0 Å². The molecule has 1 heterocycles. The van der Waals surface area contributed by atoms with Crippen LogP contribution in [0.15, 0.2) is 42.7 Å². The number of nitrogens with zero attached hydrogens (tertiary/aromatic N) is 1. The van der Waals surface area contributed by atoms with Crippen LogP contribution < -0.4 is 5.32 Å². The van der Waals surface area contributed by atoms with Gasteiger partial charge < -0.3 is 5.32 Å². The molecule has 0 atom stereocenters. The van der Waals surface area contributed by atoms with E-state index in [-0.39, 0.29) is 5.91 Å². The van der Waals surface area contributed by atoms with E-state index in [1.165, 1.54) is 12.3 Å². The highest BCUT2D eigenvalue weighted by Crippen LogP contribution is 2.12. The molecule has 0 aliphatic carbocycles. The molecule has 0 spiro atoms. The monoisotopic (exact) mass is 230 g/mol. The van der Waals surface area contributed by atoms with Gasteiger partial charge in [-0.3, -0.25) is 9.78 Å². The average molecular weight is 230 g/mol. The molecule has 17 heavy (non-hydrogen) atoms. The van der Waals surface area contributed by atoms with Crippen molar-refractivity contribution in [2.24, 2.45) is 0 Å². The Kier molecular flexibility index (Phi) is 3.14. The number of aromatic nitrogens is 1. The third-order valence-corrected chi connectivity index (χ3v) is 2.35. The van der Waals surface area contributed by atoms with Crippen LogP contribution in [0.5, 0.6) is 0 Å². The number of anilines is 1. The molecule has 86 valence electrons. The zero-order chi connectivity index (χ0) is 12.3. The fourth-order valence-electron chi connectivity index (χ4n) is 1.51. The molecule has 4 heteroatoms. The molecule has 0 saturated heterocycles. The molecular formula is C13H11FN2O. The van der Waals surface area contributed by atoms with E-state index < -0.39 is 5.82 Å². The van der Waals surface area contributed by atoms with Gasteiger partial charge in [-0.2, -0.15) is 0 Å². The molecule has 1 N–H and O–H groups in total. The van der Waals surface area contributed by atoms with Gasteiger partial charge >= 0.3 is 0 Å². The average Bonchev–Trinajstić information content (AvgIpc) is 2.29. The molecule has 1 aromatic carbocycles. The summed E-state index contributed by atoms with van der Waals surface area (Å²) < 4.78 is 12.9. The second kappa shape index (κ2) is 4.74. The van der Waals surface area contributed by atoms with E-state index in [2.05, 4.69) is 10.3 Å². The molecule has 0 bridgehead atoms. The van der Waals surface area contributed by atoms with Gasteiger partial charge in [0.15, 0.2) is 0 Å². The maximum Gasteiger partial charge on any atom is 0.255 e. The van der Waals surface area contributed by atoms with Crippen LogP contribution >= 0.6 is 0 Å². The Morgan fingerprint density at radius 3 is 2.76 bits per heavy atom. The minimum Gasteiger partial charge on any atom is -0.320 e. The predicted octanol–water partition coefficient (Wildman–Crippen LogP) is 2.78. The van der Waals surface area contributed by atoms with Crippen LogP contribution in [0.1, 0.15) is 15.9 Å². The second-order valence-corrected chi connectivity index (χ2v) is 3.66. The Balaban J connectivity index is 2.20. The molecule has 0 aliphatic heterocycles. The lowest BCUT2D eigenvalue weighted by Gasteiger charge is -2.06. The van der Waals surface area contributed by atoms with Crippen LogP contribution in [-0.4, -0.2) is 10.9 Å². The summed E-state index contributed by atoms with van der Waals surface area (Å²) in [6.07, 6.45) is 2.49. The van der Waals surface area contributed by atoms with Crippen molar-refractivity contribution in [1.82, 2.24) is 4.98 Å². The zero-order valence-electron chi connectivity index (χ0n) is 9.27. The predicted molar refractivity (Wildman–Crippen MR) is 63.3 cm³/mol. The largest absolute Gasteiger partial charge is 0.320 e. The van der Waals surface area contributed by atoms with E-state index in [0.717, 1.165) is 11.8 Å². The second-order valence-electron chi connectivity index (χ2n) is 3.66. The number of nitrogens with one attached hydrogen (secondary N) is 1. The Hall–Kier alpha value is -2.23. The molecule has 0 radical (unpaired) electrons. The van der Waals surface area contributed by atoms with Crippen molar-refractivity contribution in [1.29, 1.82) is 0 Å². The number of hydrogen-bond acceptors (Lipinski definition) is 2. The first-order valence-corrected chi connectivity index (χ1v) is 5.14. The first kappa shape index (κ1) is 11.3. The number of amides is 1. The summed E-state index contributed by atoms with van der Waals surface area (Å²) in [5.74, 6) is -0.747. The highest BCUT2D eigenvalue weighted by atomic mass is 19.1. The van der Waals surface area contributed by atoms with Gasteiger partial charge in [-0.25, -0.2) is 4.39 Å². The number of rotatable bonds is 2. The highest BCUT2D eigenvalue weighted by molar-refractivity contribution is 6.05. The molecule has 2 rings (SSSR count). The van der Waals surface area contributed by atoms with E-state index in [1.54, 1.807) is 12.1 Å². The molecule has 1 amide bonds. The Labute approximate surface area is 98.3 Å². The molecule has 3 nitrogen and oxygen atoms in total. The number of aryl methyl sites for hydroxylation is 1. The summed E-state index contributed by atoms with van der Waals surface area (Å²) in [6.45, 7) is 1.85. The maximum absolute atomic E-state index is 12.9. The summed E-state index contributed by atoms with van der Waals surface area (Å²) >= 11 is 0. The van der Waals surface area contributed by atoms with Crippen LogP contribution in [0, 0.1) is 12.7 Å². The van der Waals surface area contributed by atoms with E-state index in [0.29, 0.717) is 11.3 Å². The Morgan fingerprint density at radius 1 is 1.29 bits per heavy atom. The summed E-state index contributed by atoms with van der Waals surface area (Å²) in [5.41, 5.74) is 1.78. The van der Waals surface area contributed by atoms with Crippen molar-refractivity contribution in [3.8, 4) is 0 Å². The third kappa shape index (κ3) is 2.66.